The fourth-order valence-electron chi connectivity index (χ4n) is 8.66. The maximum Gasteiger partial charge on any atom is 0.412 e. The van der Waals surface area contributed by atoms with Crippen LogP contribution in [0.2, 0.25) is 0 Å². The van der Waals surface area contributed by atoms with Crippen LogP contribution in [0.1, 0.15) is 55.8 Å². The Morgan fingerprint density at radius 3 is 2.36 bits per heavy atom. The highest BCUT2D eigenvalue weighted by Crippen LogP contribution is 2.43. The lowest BCUT2D eigenvalue weighted by Gasteiger charge is -2.30. The molecule has 6 N–H and O–H groups in total. The molecule has 1 aliphatic heterocycles. The van der Waals surface area contributed by atoms with Gasteiger partial charge >= 0.3 is 11.0 Å². The molecular weight excluding hydrogens is 769 g/mol. The summed E-state index contributed by atoms with van der Waals surface area (Å²) in [4.78, 5) is 58.1. The number of fused-ring (bicyclic) bond motifs is 2. The number of H-pyrrole nitrogens is 1. The molecule has 14 heteroatoms. The quantitative estimate of drug-likeness (QED) is 0.0562. The second kappa shape index (κ2) is 19.0. The van der Waals surface area contributed by atoms with E-state index in [1.807, 2.05) is 85.9 Å². The molecule has 0 bridgehead atoms. The van der Waals surface area contributed by atoms with Crippen LogP contribution in [-0.2, 0) is 16.1 Å². The smallest absolute Gasteiger partial charge is 0.412 e. The third-order valence-corrected chi connectivity index (χ3v) is 12.6. The fourth-order valence-corrected chi connectivity index (χ4v) is 9.58. The number of aliphatic hydroxyl groups is 1. The highest BCUT2D eigenvalue weighted by molar-refractivity contribution is 7.16. The van der Waals surface area contributed by atoms with Crippen molar-refractivity contribution in [3.8, 4) is 16.9 Å². The van der Waals surface area contributed by atoms with Gasteiger partial charge in [0, 0.05) is 82.0 Å². The minimum Gasteiger partial charge on any atom is -0.506 e. The van der Waals surface area contributed by atoms with Crippen molar-refractivity contribution in [1.29, 1.82) is 0 Å². The van der Waals surface area contributed by atoms with Crippen LogP contribution in [0, 0.1) is 11.8 Å². The van der Waals surface area contributed by atoms with Crippen molar-refractivity contribution in [1.82, 2.24) is 20.1 Å². The van der Waals surface area contributed by atoms with Gasteiger partial charge in [-0.2, -0.15) is 0 Å². The number of thiazole rings is 1. The second-order valence-corrected chi connectivity index (χ2v) is 16.7. The summed E-state index contributed by atoms with van der Waals surface area (Å²) in [5.41, 5.74) is 5.19. The molecule has 5 aromatic rings. The lowest BCUT2D eigenvalue weighted by molar-refractivity contribution is -0.130. The number of aliphatic hydroxyl groups excluding tert-OH is 1. The van der Waals surface area contributed by atoms with Crippen LogP contribution < -0.4 is 20.4 Å². The molecule has 13 nitrogen and oxygen atoms in total. The zero-order valence-corrected chi connectivity index (χ0v) is 34.0. The van der Waals surface area contributed by atoms with Gasteiger partial charge in [-0.1, -0.05) is 78.1 Å². The van der Waals surface area contributed by atoms with E-state index in [0.29, 0.717) is 78.6 Å². The second-order valence-electron chi connectivity index (χ2n) is 15.7. The molecule has 1 saturated heterocycles. The number of rotatable bonds is 17. The van der Waals surface area contributed by atoms with Crippen molar-refractivity contribution in [2.24, 2.45) is 11.8 Å². The molecule has 7 rings (SSSR count). The van der Waals surface area contributed by atoms with Crippen molar-refractivity contribution >= 4 is 50.8 Å². The first-order chi connectivity index (χ1) is 28.5. The molecule has 4 atom stereocenters. The van der Waals surface area contributed by atoms with E-state index in [4.69, 9.17) is 0 Å². The van der Waals surface area contributed by atoms with E-state index < -0.39 is 12.2 Å². The number of phenolic OH excluding ortho intramolecular Hbond substituents is 1. The number of anilines is 2. The molecule has 3 amide bonds. The molecule has 2 aliphatic rings. The number of nitrogens with zero attached hydrogens (tertiary/aromatic N) is 3. The SMILES string of the molecule is CN(CCCCC(=O)Nc1ccc(CNC[C@H](O)c2ccc(O)c3[nH]c(=O)sc23)cc1)C(=O)CCN1C[C@H]2CC(N(C(=O)O)c3ccccc3-c3ccccc3)C[C@H]2C1. The molecule has 4 aromatic carbocycles. The summed E-state index contributed by atoms with van der Waals surface area (Å²) in [6.45, 7) is 3.73. The number of benzene rings is 4. The monoisotopic (exact) mass is 820 g/mol. The van der Waals surface area contributed by atoms with Gasteiger partial charge in [0.15, 0.2) is 0 Å². The van der Waals surface area contributed by atoms with Gasteiger partial charge in [0.2, 0.25) is 11.8 Å². The Morgan fingerprint density at radius 2 is 1.63 bits per heavy atom. The Labute approximate surface area is 347 Å². The molecule has 1 unspecified atom stereocenters. The number of hydrogen-bond acceptors (Lipinski definition) is 9. The fraction of sp³-hybridized carbons (Fsp3) is 0.378. The zero-order chi connectivity index (χ0) is 41.5. The number of phenols is 1. The van der Waals surface area contributed by atoms with Crippen molar-refractivity contribution in [3.05, 3.63) is 112 Å². The number of likely N-dealkylation sites (tertiary alicyclic amines) is 1. The summed E-state index contributed by atoms with van der Waals surface area (Å²) >= 11 is 0.951. The van der Waals surface area contributed by atoms with Crippen LogP contribution in [0.4, 0.5) is 16.2 Å². The molecule has 2 heterocycles. The number of carbonyl (C=O) groups is 3. The standard InChI is InChI=1S/C45H52N6O7S/c1-49(21-8-7-13-40(54)47-33-16-14-29(15-17-33)25-46-26-39(53)36-18-19-38(52)42-43(36)59-44(56)48-42)41(55)20-22-50-27-31-23-34(24-32(31)28-50)51(45(57)58)37-12-6-5-11-35(37)30-9-3-2-4-10-30/h2-6,9-12,14-19,31-32,34,39,46,52-53H,7-8,13,20-28H2,1H3,(H,47,54)(H,48,56)(H,57,58)/t31-,32+,34?,39-/m0/s1. The Hall–Kier alpha value is -5.54. The van der Waals surface area contributed by atoms with Crippen LogP contribution in [-0.4, -0.2) is 93.8 Å². The molecule has 1 saturated carbocycles. The first-order valence-electron chi connectivity index (χ1n) is 20.3. The number of hydrogen-bond donors (Lipinski definition) is 6. The molecule has 59 heavy (non-hydrogen) atoms. The zero-order valence-electron chi connectivity index (χ0n) is 33.2. The topological polar surface area (TPSA) is 179 Å². The van der Waals surface area contributed by atoms with Gasteiger partial charge in [-0.05, 0) is 72.9 Å². The van der Waals surface area contributed by atoms with E-state index in [2.05, 4.69) is 20.5 Å². The number of carboxylic acid groups (broad SMARTS) is 1. The van der Waals surface area contributed by atoms with Crippen LogP contribution in [0.5, 0.6) is 5.75 Å². The highest BCUT2D eigenvalue weighted by Gasteiger charge is 2.44. The number of aromatic hydroxyl groups is 1. The molecular formula is C45H52N6O7S. The van der Waals surface area contributed by atoms with Gasteiger partial charge in [-0.3, -0.25) is 19.3 Å². The van der Waals surface area contributed by atoms with Gasteiger partial charge in [0.1, 0.15) is 11.3 Å². The first kappa shape index (κ1) is 41.6. The minimum atomic E-state index is -0.926. The molecule has 1 aromatic heterocycles. The summed E-state index contributed by atoms with van der Waals surface area (Å²) < 4.78 is 0.534. The number of amides is 3. The number of nitrogens with one attached hydrogen (secondary N) is 3. The Morgan fingerprint density at radius 1 is 0.915 bits per heavy atom. The van der Waals surface area contributed by atoms with Crippen LogP contribution >= 0.6 is 11.3 Å². The van der Waals surface area contributed by atoms with Crippen molar-refractivity contribution in [3.63, 3.8) is 0 Å². The maximum absolute atomic E-state index is 13.0. The normalized spacial score (nSPS) is 18.1. The van der Waals surface area contributed by atoms with Gasteiger partial charge < -0.3 is 40.7 Å². The Kier molecular flexibility index (Phi) is 13.4. The molecule has 1 aliphatic carbocycles. The summed E-state index contributed by atoms with van der Waals surface area (Å²) in [6, 6.07) is 28.1. The Bertz CT molecular complexity index is 2280. The summed E-state index contributed by atoms with van der Waals surface area (Å²) in [5.74, 6) is 0.760. The summed E-state index contributed by atoms with van der Waals surface area (Å²) in [5, 5.41) is 37.2. The number of unbranched alkanes of at least 4 members (excludes halogenated alkanes) is 1. The molecule has 2 fully saturated rings. The molecule has 310 valence electrons. The summed E-state index contributed by atoms with van der Waals surface area (Å²) in [6.07, 6.45) is 1.96. The van der Waals surface area contributed by atoms with Crippen molar-refractivity contribution in [2.75, 3.05) is 50.0 Å². The third kappa shape index (κ3) is 10.2. The predicted octanol–water partition coefficient (Wildman–Crippen LogP) is 6.64. The van der Waals surface area contributed by atoms with Crippen molar-refractivity contribution in [2.45, 2.75) is 57.2 Å². The van der Waals surface area contributed by atoms with E-state index in [1.165, 1.54) is 6.07 Å². The van der Waals surface area contributed by atoms with Gasteiger partial charge in [0.25, 0.3) is 0 Å². The van der Waals surface area contributed by atoms with E-state index in [0.717, 1.165) is 59.6 Å². The lowest BCUT2D eigenvalue weighted by Crippen LogP contribution is -2.40. The predicted molar refractivity (Wildman–Crippen MR) is 231 cm³/mol. The van der Waals surface area contributed by atoms with Crippen LogP contribution in [0.15, 0.2) is 95.8 Å². The van der Waals surface area contributed by atoms with Gasteiger partial charge in [0.05, 0.1) is 16.5 Å². The average molecular weight is 821 g/mol. The van der Waals surface area contributed by atoms with Gasteiger partial charge in [-0.25, -0.2) is 4.79 Å². The third-order valence-electron chi connectivity index (χ3n) is 11.7. The average Bonchev–Trinajstić information content (AvgIpc) is 3.93. The van der Waals surface area contributed by atoms with Crippen LogP contribution in [0.3, 0.4) is 0 Å². The van der Waals surface area contributed by atoms with Gasteiger partial charge in [-0.15, -0.1) is 0 Å². The highest BCUT2D eigenvalue weighted by atomic mass is 32.1. The Balaban J connectivity index is 0.772. The number of para-hydroxylation sites is 1. The molecule has 0 spiro atoms. The number of aromatic amines is 1. The molecule has 0 radical (unpaired) electrons. The van der Waals surface area contributed by atoms with Crippen molar-refractivity contribution < 1.29 is 29.7 Å². The summed E-state index contributed by atoms with van der Waals surface area (Å²) in [7, 11) is 1.81. The largest absolute Gasteiger partial charge is 0.506 e. The van der Waals surface area contributed by atoms with E-state index in [1.54, 1.807) is 15.9 Å². The first-order valence-corrected chi connectivity index (χ1v) is 21.1. The van der Waals surface area contributed by atoms with E-state index >= 15 is 0 Å². The minimum absolute atomic E-state index is 0.0338. The maximum atomic E-state index is 13.0. The number of aromatic nitrogens is 1. The van der Waals surface area contributed by atoms with E-state index in [-0.39, 0.29) is 35.0 Å². The van der Waals surface area contributed by atoms with E-state index in [9.17, 15) is 34.5 Å². The number of carbonyl (C=O) groups excluding carboxylic acids is 2. The lowest BCUT2D eigenvalue weighted by atomic mass is 10.0. The van der Waals surface area contributed by atoms with Crippen LogP contribution in [0.25, 0.3) is 21.3 Å².